The molecule has 0 aromatic heterocycles. The number of anilines is 1. The summed E-state index contributed by atoms with van der Waals surface area (Å²) in [7, 11) is 2.81. The van der Waals surface area contributed by atoms with E-state index in [2.05, 4.69) is 15.4 Å². The van der Waals surface area contributed by atoms with Gasteiger partial charge in [0.2, 0.25) is 5.91 Å². The van der Waals surface area contributed by atoms with Crippen LogP contribution in [0.25, 0.3) is 6.08 Å². The fraction of sp³-hybridized carbons (Fsp3) is 0.238. The Morgan fingerprint density at radius 3 is 2.48 bits per heavy atom. The van der Waals surface area contributed by atoms with Crippen molar-refractivity contribution >= 4 is 35.4 Å². The van der Waals surface area contributed by atoms with Gasteiger partial charge in [-0.2, -0.15) is 0 Å². The van der Waals surface area contributed by atoms with Crippen LogP contribution >= 0.6 is 11.6 Å². The topological polar surface area (TPSA) is 85.9 Å². The number of nitrogens with one attached hydrogen (secondary N) is 2. The summed E-state index contributed by atoms with van der Waals surface area (Å²) in [5, 5.41) is 5.75. The summed E-state index contributed by atoms with van der Waals surface area (Å²) in [4.78, 5) is 23.3. The summed E-state index contributed by atoms with van der Waals surface area (Å²) >= 11 is 6.21. The Bertz CT molecular complexity index is 881. The molecule has 0 radical (unpaired) electrons. The van der Waals surface area contributed by atoms with Crippen LogP contribution in [0.15, 0.2) is 42.5 Å². The largest absolute Gasteiger partial charge is 0.491 e. The zero-order valence-electron chi connectivity index (χ0n) is 16.5. The Labute approximate surface area is 174 Å². The molecule has 0 spiro atoms. The summed E-state index contributed by atoms with van der Waals surface area (Å²) in [5.74, 6) is 0.718. The predicted molar refractivity (Wildman–Crippen MR) is 113 cm³/mol. The number of halogens is 1. The average Bonchev–Trinajstić information content (AvgIpc) is 2.71. The lowest BCUT2D eigenvalue weighted by Gasteiger charge is -2.11. The van der Waals surface area contributed by atoms with E-state index in [1.54, 1.807) is 42.5 Å². The first-order valence-corrected chi connectivity index (χ1v) is 9.24. The van der Waals surface area contributed by atoms with Gasteiger partial charge in [0.05, 0.1) is 25.8 Å². The van der Waals surface area contributed by atoms with E-state index in [4.69, 9.17) is 21.1 Å². The molecule has 0 aliphatic rings. The van der Waals surface area contributed by atoms with Crippen LogP contribution in [0.4, 0.5) is 10.5 Å². The standard InChI is InChI=1S/C21H23ClN2O5/c1-4-29-18-12-15(11-17(22)20(18)27-2)7-10-19(25)23-13-14-5-8-16(9-6-14)24-21(26)28-3/h5-12H,4,13H2,1-3H3,(H,23,25)(H,24,26). The molecular formula is C21H23ClN2O5. The van der Waals surface area contributed by atoms with Gasteiger partial charge in [-0.25, -0.2) is 4.79 Å². The van der Waals surface area contributed by atoms with E-state index in [-0.39, 0.29) is 5.91 Å². The van der Waals surface area contributed by atoms with Crippen LogP contribution < -0.4 is 20.1 Å². The van der Waals surface area contributed by atoms with Crippen LogP contribution in [0.1, 0.15) is 18.1 Å². The van der Waals surface area contributed by atoms with E-state index in [1.807, 2.05) is 6.92 Å². The molecule has 8 heteroatoms. The molecule has 0 unspecified atom stereocenters. The Morgan fingerprint density at radius 1 is 1.14 bits per heavy atom. The first-order valence-electron chi connectivity index (χ1n) is 8.87. The minimum atomic E-state index is -0.540. The Hall–Kier alpha value is -3.19. The highest BCUT2D eigenvalue weighted by Gasteiger charge is 2.10. The van der Waals surface area contributed by atoms with Crippen LogP contribution in [0.5, 0.6) is 11.5 Å². The number of amides is 2. The van der Waals surface area contributed by atoms with Crippen LogP contribution in [0.3, 0.4) is 0 Å². The number of ether oxygens (including phenoxy) is 3. The maximum atomic E-state index is 12.1. The van der Waals surface area contributed by atoms with Gasteiger partial charge in [-0.15, -0.1) is 0 Å². The molecule has 2 N–H and O–H groups in total. The van der Waals surface area contributed by atoms with Gasteiger partial charge >= 0.3 is 6.09 Å². The van der Waals surface area contributed by atoms with Crippen molar-refractivity contribution in [3.8, 4) is 11.5 Å². The van der Waals surface area contributed by atoms with E-state index in [0.29, 0.717) is 40.9 Å². The number of benzene rings is 2. The molecule has 2 amide bonds. The number of carbonyl (C=O) groups is 2. The fourth-order valence-electron chi connectivity index (χ4n) is 2.44. The third-order valence-corrected chi connectivity index (χ3v) is 4.10. The second-order valence-electron chi connectivity index (χ2n) is 5.83. The van der Waals surface area contributed by atoms with Crippen LogP contribution in [0.2, 0.25) is 5.02 Å². The normalized spacial score (nSPS) is 10.5. The first-order chi connectivity index (χ1) is 14.0. The van der Waals surface area contributed by atoms with Crippen LogP contribution in [0, 0.1) is 0 Å². The highest BCUT2D eigenvalue weighted by molar-refractivity contribution is 6.32. The third-order valence-electron chi connectivity index (χ3n) is 3.82. The van der Waals surface area contributed by atoms with Crippen molar-refractivity contribution in [2.24, 2.45) is 0 Å². The van der Waals surface area contributed by atoms with Crippen molar-refractivity contribution in [2.45, 2.75) is 13.5 Å². The van der Waals surface area contributed by atoms with Gasteiger partial charge < -0.3 is 19.5 Å². The molecule has 2 rings (SSSR count). The second kappa shape index (κ2) is 11.0. The van der Waals surface area contributed by atoms with Crippen molar-refractivity contribution < 1.29 is 23.8 Å². The zero-order chi connectivity index (χ0) is 21.2. The van der Waals surface area contributed by atoms with Crippen molar-refractivity contribution in [1.82, 2.24) is 5.32 Å². The fourth-order valence-corrected chi connectivity index (χ4v) is 2.74. The summed E-state index contributed by atoms with van der Waals surface area (Å²) in [6.07, 6.45) is 2.52. The van der Waals surface area contributed by atoms with Gasteiger partial charge in [0.25, 0.3) is 0 Å². The quantitative estimate of drug-likeness (QED) is 0.626. The number of rotatable bonds is 8. The molecule has 0 heterocycles. The van der Waals surface area contributed by atoms with Gasteiger partial charge in [-0.3, -0.25) is 10.1 Å². The second-order valence-corrected chi connectivity index (χ2v) is 6.24. The zero-order valence-corrected chi connectivity index (χ0v) is 17.2. The molecule has 2 aromatic carbocycles. The third kappa shape index (κ3) is 6.73. The minimum Gasteiger partial charge on any atom is -0.491 e. The SMILES string of the molecule is CCOc1cc(C=CC(=O)NCc2ccc(NC(=O)OC)cc2)cc(Cl)c1OC. The highest BCUT2D eigenvalue weighted by Crippen LogP contribution is 2.36. The maximum Gasteiger partial charge on any atom is 0.411 e. The molecule has 7 nitrogen and oxygen atoms in total. The molecule has 0 aliphatic heterocycles. The Balaban J connectivity index is 1.95. The van der Waals surface area contributed by atoms with Crippen molar-refractivity contribution in [3.05, 3.63) is 58.6 Å². The number of hydrogen-bond donors (Lipinski definition) is 2. The smallest absolute Gasteiger partial charge is 0.411 e. The molecule has 0 bridgehead atoms. The Kier molecular flexibility index (Phi) is 8.36. The number of carbonyl (C=O) groups excluding carboxylic acids is 2. The summed E-state index contributed by atoms with van der Waals surface area (Å²) in [6, 6.07) is 10.5. The minimum absolute atomic E-state index is 0.258. The van der Waals surface area contributed by atoms with Crippen molar-refractivity contribution in [3.63, 3.8) is 0 Å². The van der Waals surface area contributed by atoms with E-state index in [1.165, 1.54) is 20.3 Å². The van der Waals surface area contributed by atoms with Crippen molar-refractivity contribution in [1.29, 1.82) is 0 Å². The summed E-state index contributed by atoms with van der Waals surface area (Å²) in [6.45, 7) is 2.67. The number of methoxy groups -OCH3 is 2. The first kappa shape index (κ1) is 22.1. The predicted octanol–water partition coefficient (Wildman–Crippen LogP) is 4.26. The lowest BCUT2D eigenvalue weighted by Crippen LogP contribution is -2.20. The number of hydrogen-bond acceptors (Lipinski definition) is 5. The monoisotopic (exact) mass is 418 g/mol. The molecular weight excluding hydrogens is 396 g/mol. The summed E-state index contributed by atoms with van der Waals surface area (Å²) in [5.41, 5.74) is 2.20. The van der Waals surface area contributed by atoms with E-state index in [0.717, 1.165) is 5.56 Å². The molecule has 0 atom stereocenters. The Morgan fingerprint density at radius 2 is 1.86 bits per heavy atom. The van der Waals surface area contributed by atoms with Gasteiger partial charge in [-0.1, -0.05) is 23.7 Å². The van der Waals surface area contributed by atoms with Gasteiger partial charge in [0.1, 0.15) is 0 Å². The molecule has 0 fully saturated rings. The van der Waals surface area contributed by atoms with E-state index >= 15 is 0 Å². The summed E-state index contributed by atoms with van der Waals surface area (Å²) < 4.78 is 15.3. The maximum absolute atomic E-state index is 12.1. The highest BCUT2D eigenvalue weighted by atomic mass is 35.5. The average molecular weight is 419 g/mol. The molecule has 29 heavy (non-hydrogen) atoms. The molecule has 0 saturated heterocycles. The van der Waals surface area contributed by atoms with Crippen LogP contribution in [-0.4, -0.2) is 32.8 Å². The van der Waals surface area contributed by atoms with Crippen molar-refractivity contribution in [2.75, 3.05) is 26.1 Å². The van der Waals surface area contributed by atoms with Gasteiger partial charge in [0.15, 0.2) is 11.5 Å². The lowest BCUT2D eigenvalue weighted by atomic mass is 10.1. The molecule has 0 aliphatic carbocycles. The lowest BCUT2D eigenvalue weighted by molar-refractivity contribution is -0.116. The molecule has 154 valence electrons. The van der Waals surface area contributed by atoms with E-state index < -0.39 is 6.09 Å². The van der Waals surface area contributed by atoms with Gasteiger partial charge in [-0.05, 0) is 48.4 Å². The molecule has 2 aromatic rings. The van der Waals surface area contributed by atoms with Crippen LogP contribution in [-0.2, 0) is 16.1 Å². The van der Waals surface area contributed by atoms with E-state index in [9.17, 15) is 9.59 Å². The molecule has 0 saturated carbocycles. The van der Waals surface area contributed by atoms with Gasteiger partial charge in [0, 0.05) is 18.3 Å².